The number of aliphatic carboxylic acids is 2. The molecular weight excluding hydrogens is 1280 g/mol. The molecule has 1 saturated heterocycles. The lowest BCUT2D eigenvalue weighted by molar-refractivity contribution is -0.192. The van der Waals surface area contributed by atoms with Crippen molar-refractivity contribution in [2.24, 2.45) is 5.73 Å². The van der Waals surface area contributed by atoms with Crippen LogP contribution in [0.25, 0.3) is 39.0 Å². The van der Waals surface area contributed by atoms with Crippen molar-refractivity contribution in [2.75, 3.05) is 51.7 Å². The average molecular weight is 1360 g/mol. The first-order valence-electron chi connectivity index (χ1n) is 31.7. The summed E-state index contributed by atoms with van der Waals surface area (Å²) in [6.07, 6.45) is 0.769. The number of benzene rings is 6. The number of imide groups is 1. The van der Waals surface area contributed by atoms with E-state index < -0.39 is 41.8 Å². The number of hydroxylamine groups is 2. The minimum atomic E-state index is -1.17. The minimum Gasteiger partial charge on any atom is -0.481 e. The fourth-order valence-corrected chi connectivity index (χ4v) is 10.6. The second-order valence-electron chi connectivity index (χ2n) is 22.2. The first kappa shape index (κ1) is 76.1. The lowest BCUT2D eigenvalue weighted by Gasteiger charge is -2.17. The van der Waals surface area contributed by atoms with Crippen molar-refractivity contribution in [2.45, 2.75) is 118 Å². The quantitative estimate of drug-likeness (QED) is 0.0238. The molecule has 10 N–H and O–H groups in total. The summed E-state index contributed by atoms with van der Waals surface area (Å²) in [6, 6.07) is 33.9. The fraction of sp³-hybridized carbons (Fsp3) is 0.292. The van der Waals surface area contributed by atoms with Gasteiger partial charge in [0.25, 0.3) is 11.8 Å². The molecule has 0 aromatic heterocycles. The molecule has 1 heterocycles. The predicted molar refractivity (Wildman–Crippen MR) is 364 cm³/mol. The van der Waals surface area contributed by atoms with E-state index in [4.69, 9.17) is 34.1 Å². The molecule has 0 bridgehead atoms. The van der Waals surface area contributed by atoms with Gasteiger partial charge in [0, 0.05) is 97.3 Å². The molecule has 518 valence electrons. The number of esters is 1. The molecule has 1 aliphatic heterocycles. The number of nitrogens with two attached hydrogens (primary N) is 1. The van der Waals surface area contributed by atoms with Crippen LogP contribution in [0, 0.1) is 0 Å². The molecule has 1 fully saturated rings. The number of carbonyl (C=O) groups is 12. The molecule has 0 unspecified atom stereocenters. The van der Waals surface area contributed by atoms with Crippen LogP contribution in [0.15, 0.2) is 116 Å². The Balaban J connectivity index is 0.000000225. The Morgan fingerprint density at radius 1 is 0.444 bits per heavy atom. The highest BCUT2D eigenvalue weighted by molar-refractivity contribution is 6.05. The molecule has 4 aliphatic rings. The minimum absolute atomic E-state index is 0.0133. The zero-order valence-corrected chi connectivity index (χ0v) is 55.3. The lowest BCUT2D eigenvalue weighted by atomic mass is 9.97. The molecule has 8 amide bonds. The SMILES string of the molecule is C=C1c2cc(NC(=O)CC)ccc2-c2ccc(NC(=O)CC)cc21.CCC(=O)Nc1ccc2c(c1)C(COC(=O)CCC(=O)O)c1cc(NC(=O)CC)ccc1-2.CCC(=O)Nc1ccc2c(c1)C(COC(=O)ON1C(=O)CCC1=O)c1cc(NC(=O)CC)ccc1-2.NCC(=O)O.O=C=O. The second-order valence-corrected chi connectivity index (χ2v) is 22.2. The normalized spacial score (nSPS) is 12.2. The van der Waals surface area contributed by atoms with E-state index in [0.29, 0.717) is 66.3 Å². The van der Waals surface area contributed by atoms with Gasteiger partial charge in [0.05, 0.1) is 19.4 Å². The zero-order chi connectivity index (χ0) is 72.6. The third kappa shape index (κ3) is 20.5. The Morgan fingerprint density at radius 2 is 0.717 bits per heavy atom. The van der Waals surface area contributed by atoms with Gasteiger partial charge in [-0.05, 0) is 145 Å². The van der Waals surface area contributed by atoms with Gasteiger partial charge >= 0.3 is 30.2 Å². The monoisotopic (exact) mass is 1360 g/mol. The van der Waals surface area contributed by atoms with E-state index in [2.05, 4.69) is 44.2 Å². The summed E-state index contributed by atoms with van der Waals surface area (Å²) in [5, 5.41) is 33.9. The summed E-state index contributed by atoms with van der Waals surface area (Å²) in [4.78, 5) is 159. The Labute approximate surface area is 569 Å². The number of hydrogen-bond acceptors (Lipinski definition) is 18. The third-order valence-electron chi connectivity index (χ3n) is 15.6. The Morgan fingerprint density at radius 3 is 0.990 bits per heavy atom. The van der Waals surface area contributed by atoms with E-state index in [1.807, 2.05) is 111 Å². The summed E-state index contributed by atoms with van der Waals surface area (Å²) in [6.45, 7) is 14.5. The molecule has 6 aromatic carbocycles. The highest BCUT2D eigenvalue weighted by atomic mass is 16.8. The van der Waals surface area contributed by atoms with Crippen molar-refractivity contribution in [3.63, 3.8) is 0 Å². The Bertz CT molecular complexity index is 3960. The Hall–Kier alpha value is -12.0. The second kappa shape index (κ2) is 36.2. The largest absolute Gasteiger partial charge is 0.533 e. The fourth-order valence-electron chi connectivity index (χ4n) is 10.6. The summed E-state index contributed by atoms with van der Waals surface area (Å²) >= 11 is 0. The molecule has 6 aromatic rings. The van der Waals surface area contributed by atoms with Gasteiger partial charge in [-0.25, -0.2) is 4.79 Å². The van der Waals surface area contributed by atoms with Crippen LogP contribution in [0.5, 0.6) is 0 Å². The molecule has 3 aliphatic carbocycles. The van der Waals surface area contributed by atoms with E-state index in [1.54, 1.807) is 39.8 Å². The predicted octanol–water partition coefficient (Wildman–Crippen LogP) is 10.5. The molecule has 10 rings (SSSR count). The molecule has 0 radical (unpaired) electrons. The van der Waals surface area contributed by atoms with Gasteiger partial charge in [0.1, 0.15) is 13.2 Å². The van der Waals surface area contributed by atoms with E-state index in [-0.39, 0.29) is 93.0 Å². The number of fused-ring (bicyclic) bond motifs is 9. The van der Waals surface area contributed by atoms with Gasteiger partial charge in [0.15, 0.2) is 0 Å². The first-order chi connectivity index (χ1) is 47.3. The van der Waals surface area contributed by atoms with Gasteiger partial charge in [-0.3, -0.25) is 57.6 Å². The highest BCUT2D eigenvalue weighted by Gasteiger charge is 2.36. The van der Waals surface area contributed by atoms with Gasteiger partial charge in [-0.15, -0.1) is 0 Å². The number of carbonyl (C=O) groups excluding carboxylic acids is 12. The molecule has 0 atom stereocenters. The number of rotatable bonds is 21. The number of carboxylic acids is 2. The summed E-state index contributed by atoms with van der Waals surface area (Å²) in [5.41, 5.74) is 20.8. The topological polar surface area (TPSA) is 409 Å². The van der Waals surface area contributed by atoms with Gasteiger partial charge < -0.3 is 57.3 Å². The molecule has 27 nitrogen and oxygen atoms in total. The maximum atomic E-state index is 12.3. The maximum absolute atomic E-state index is 12.3. The number of carboxylic acid groups (broad SMARTS) is 2. The van der Waals surface area contributed by atoms with Crippen molar-refractivity contribution in [3.05, 3.63) is 149 Å². The van der Waals surface area contributed by atoms with E-state index in [0.717, 1.165) is 83.7 Å². The van der Waals surface area contributed by atoms with Crippen molar-refractivity contribution in [1.29, 1.82) is 0 Å². The number of ether oxygens (including phenoxy) is 2. The number of amides is 8. The van der Waals surface area contributed by atoms with Crippen molar-refractivity contribution < 1.29 is 91.6 Å². The standard InChI is InChI=1S/C25H25N3O7.C24H26N2O6.C20H20N2O2.C2H5NO2.CO2/c1-3-21(29)26-14-5-7-16-17-8-6-15(27-22(30)4-2)12-19(17)20(18(16)11-14)13-34-25(33)35-28-23(31)9-10-24(28)32;1-3-21(27)25-14-5-7-16-17-8-6-15(26-22(28)4-2)12-19(17)20(18(16)11-14)13-32-24(31)10-9-23(29)30;1-4-19(23)21-13-6-8-15-16-9-7-14(22-20(24)5-2)11-18(16)12(3)17(15)10-13;3-1-2(4)5;2-1-3/h5-8,11-12,20H,3-4,9-10,13H2,1-2H3,(H,26,29)(H,27,30);5-8,11-12,20H,3-4,9-10,13H2,1-2H3,(H,25,27)(H,26,28)(H,29,30);6-11H,3-5H2,1-2H3,(H,21,23)(H,22,24);1,3H2,(H,4,5);. The van der Waals surface area contributed by atoms with Crippen LogP contribution in [0.4, 0.5) is 38.9 Å². The number of anilines is 6. The Kier molecular flexibility index (Phi) is 27.8. The van der Waals surface area contributed by atoms with Crippen LogP contribution in [-0.4, -0.2) is 113 Å². The summed E-state index contributed by atoms with van der Waals surface area (Å²) in [5.74, 6) is -5.09. The maximum Gasteiger partial charge on any atom is 0.533 e. The van der Waals surface area contributed by atoms with Crippen LogP contribution in [0.3, 0.4) is 0 Å². The van der Waals surface area contributed by atoms with Crippen molar-refractivity contribution in [3.8, 4) is 33.4 Å². The molecule has 0 spiro atoms. The number of hydrogen-bond donors (Lipinski definition) is 9. The van der Waals surface area contributed by atoms with E-state index in [9.17, 15) is 57.5 Å². The van der Waals surface area contributed by atoms with Gasteiger partial charge in [-0.2, -0.15) is 9.59 Å². The van der Waals surface area contributed by atoms with E-state index >= 15 is 0 Å². The van der Waals surface area contributed by atoms with Crippen LogP contribution in [0.2, 0.25) is 0 Å². The number of nitrogens with one attached hydrogen (secondary N) is 6. The molecule has 0 saturated carbocycles. The zero-order valence-electron chi connectivity index (χ0n) is 55.3. The van der Waals surface area contributed by atoms with Crippen molar-refractivity contribution in [1.82, 2.24) is 5.06 Å². The first-order valence-corrected chi connectivity index (χ1v) is 31.7. The summed E-state index contributed by atoms with van der Waals surface area (Å²) < 4.78 is 10.7. The molecular formula is C72H76N8O19. The summed E-state index contributed by atoms with van der Waals surface area (Å²) in [7, 11) is 0. The molecule has 27 heteroatoms. The van der Waals surface area contributed by atoms with E-state index in [1.165, 1.54) is 0 Å². The van der Waals surface area contributed by atoms with Crippen LogP contribution in [-0.2, 0) is 76.6 Å². The van der Waals surface area contributed by atoms with Gasteiger partial charge in [-0.1, -0.05) is 89.6 Å². The molecule has 99 heavy (non-hydrogen) atoms. The number of nitrogens with zero attached hydrogens (tertiary/aromatic N) is 1. The van der Waals surface area contributed by atoms with Crippen molar-refractivity contribution >= 4 is 117 Å². The van der Waals surface area contributed by atoms with Gasteiger partial charge in [0.2, 0.25) is 35.4 Å². The van der Waals surface area contributed by atoms with Crippen LogP contribution in [0.1, 0.15) is 151 Å². The average Bonchev–Trinajstić information content (AvgIpc) is 1.62. The third-order valence-corrected chi connectivity index (χ3v) is 15.6. The smallest absolute Gasteiger partial charge is 0.481 e. The lowest BCUT2D eigenvalue weighted by Crippen LogP contribution is -2.32. The van der Waals surface area contributed by atoms with Crippen LogP contribution >= 0.6 is 0 Å². The van der Waals surface area contributed by atoms with Crippen LogP contribution < -0.4 is 37.6 Å². The highest BCUT2D eigenvalue weighted by Crippen LogP contribution is 2.49.